The van der Waals surface area contributed by atoms with Crippen molar-refractivity contribution in [1.29, 1.82) is 0 Å². The summed E-state index contributed by atoms with van der Waals surface area (Å²) in [5.41, 5.74) is 2.91. The molecular formula is C21H23ClN2O3S. The third-order valence-electron chi connectivity index (χ3n) is 5.57. The van der Waals surface area contributed by atoms with Gasteiger partial charge in [-0.3, -0.25) is 4.79 Å². The molecule has 2 aliphatic rings. The molecule has 2 aromatic rings. The van der Waals surface area contributed by atoms with Crippen LogP contribution in [0.2, 0.25) is 5.02 Å². The van der Waals surface area contributed by atoms with Gasteiger partial charge in [0.1, 0.15) is 4.90 Å². The second kappa shape index (κ2) is 7.85. The first kappa shape index (κ1) is 19.4. The Balaban J connectivity index is 1.59. The summed E-state index contributed by atoms with van der Waals surface area (Å²) in [5, 5.41) is 0.159. The van der Waals surface area contributed by atoms with E-state index in [4.69, 9.17) is 11.6 Å². The van der Waals surface area contributed by atoms with Crippen molar-refractivity contribution in [2.45, 2.75) is 30.6 Å². The molecule has 1 saturated heterocycles. The Morgan fingerprint density at radius 1 is 0.893 bits per heavy atom. The summed E-state index contributed by atoms with van der Waals surface area (Å²) in [5.74, 6) is -0.151. The van der Waals surface area contributed by atoms with Crippen LogP contribution in [0.15, 0.2) is 47.4 Å². The van der Waals surface area contributed by atoms with Gasteiger partial charge in [0.15, 0.2) is 0 Å². The van der Waals surface area contributed by atoms with E-state index >= 15 is 0 Å². The maximum absolute atomic E-state index is 13.1. The zero-order chi connectivity index (χ0) is 19.7. The quantitative estimate of drug-likeness (QED) is 0.767. The molecule has 148 valence electrons. The second-order valence-electron chi connectivity index (χ2n) is 7.32. The van der Waals surface area contributed by atoms with Crippen LogP contribution >= 0.6 is 11.6 Å². The fourth-order valence-electron chi connectivity index (χ4n) is 3.96. The van der Waals surface area contributed by atoms with Gasteiger partial charge >= 0.3 is 0 Å². The number of carbonyl (C=O) groups excluding carboxylic acids is 1. The van der Waals surface area contributed by atoms with Gasteiger partial charge in [0.05, 0.1) is 5.02 Å². The van der Waals surface area contributed by atoms with Crippen molar-refractivity contribution < 1.29 is 13.2 Å². The molecule has 7 heteroatoms. The van der Waals surface area contributed by atoms with Crippen LogP contribution in [0.5, 0.6) is 0 Å². The molecule has 0 N–H and O–H groups in total. The van der Waals surface area contributed by atoms with Gasteiger partial charge < -0.3 is 4.90 Å². The van der Waals surface area contributed by atoms with E-state index in [2.05, 4.69) is 12.1 Å². The molecule has 2 aromatic carbocycles. The molecule has 1 fully saturated rings. The zero-order valence-electron chi connectivity index (χ0n) is 15.6. The van der Waals surface area contributed by atoms with Crippen LogP contribution in [0.4, 0.5) is 0 Å². The number of carbonyl (C=O) groups is 1. The van der Waals surface area contributed by atoms with Gasteiger partial charge in [-0.1, -0.05) is 35.9 Å². The average Bonchev–Trinajstić information content (AvgIpc) is 3.16. The molecule has 0 atom stereocenters. The largest absolute Gasteiger partial charge is 0.338 e. The highest BCUT2D eigenvalue weighted by atomic mass is 35.5. The first-order valence-electron chi connectivity index (χ1n) is 9.62. The molecule has 0 radical (unpaired) electrons. The average molecular weight is 419 g/mol. The van der Waals surface area contributed by atoms with E-state index < -0.39 is 10.0 Å². The number of hydrogen-bond donors (Lipinski definition) is 0. The Morgan fingerprint density at radius 2 is 1.50 bits per heavy atom. The molecule has 28 heavy (non-hydrogen) atoms. The van der Waals surface area contributed by atoms with Crippen LogP contribution in [-0.2, 0) is 22.9 Å². The van der Waals surface area contributed by atoms with Crippen LogP contribution in [0.3, 0.4) is 0 Å². The third kappa shape index (κ3) is 3.69. The van der Waals surface area contributed by atoms with Gasteiger partial charge in [0.2, 0.25) is 10.0 Å². The van der Waals surface area contributed by atoms with Crippen molar-refractivity contribution in [2.24, 2.45) is 0 Å². The van der Waals surface area contributed by atoms with Crippen LogP contribution < -0.4 is 0 Å². The van der Waals surface area contributed by atoms with E-state index in [1.807, 2.05) is 12.1 Å². The molecule has 0 saturated carbocycles. The minimum absolute atomic E-state index is 0.0278. The molecule has 0 unspecified atom stereocenters. The summed E-state index contributed by atoms with van der Waals surface area (Å²) < 4.78 is 27.3. The van der Waals surface area contributed by atoms with E-state index in [9.17, 15) is 13.2 Å². The smallest absolute Gasteiger partial charge is 0.253 e. The van der Waals surface area contributed by atoms with E-state index in [1.165, 1.54) is 27.6 Å². The molecule has 2 aliphatic heterocycles. The number of amides is 1. The Hall–Kier alpha value is -1.89. The number of rotatable bonds is 3. The molecule has 0 bridgehead atoms. The zero-order valence-corrected chi connectivity index (χ0v) is 17.2. The summed E-state index contributed by atoms with van der Waals surface area (Å²) in [6.07, 6.45) is 3.30. The maximum Gasteiger partial charge on any atom is 0.253 e. The van der Waals surface area contributed by atoms with Crippen LogP contribution in [0, 0.1) is 0 Å². The molecular weight excluding hydrogens is 396 g/mol. The van der Waals surface area contributed by atoms with Gasteiger partial charge in [0, 0.05) is 31.7 Å². The fraction of sp³-hybridized carbons (Fsp3) is 0.381. The summed E-state index contributed by atoms with van der Waals surface area (Å²) in [6, 6.07) is 12.8. The summed E-state index contributed by atoms with van der Waals surface area (Å²) in [7, 11) is -3.68. The first-order chi connectivity index (χ1) is 13.5. The second-order valence-corrected chi connectivity index (χ2v) is 9.63. The number of sulfonamides is 1. The fourth-order valence-corrected chi connectivity index (χ4v) is 5.97. The van der Waals surface area contributed by atoms with Crippen molar-refractivity contribution in [3.05, 3.63) is 64.2 Å². The summed E-state index contributed by atoms with van der Waals surface area (Å²) >= 11 is 6.21. The standard InChI is InChI=1S/C21H23ClN2O3S/c22-19-8-7-18(15-20(19)28(26,27)24-11-3-4-12-24)21(25)23-13-9-16-5-1-2-6-17(16)10-14-23/h1-2,5-8,15H,3-4,9-14H2. The third-order valence-corrected chi connectivity index (χ3v) is 7.95. The molecule has 1 amide bonds. The van der Waals surface area contributed by atoms with E-state index in [0.29, 0.717) is 31.7 Å². The number of nitrogens with zero attached hydrogens (tertiary/aromatic N) is 2. The van der Waals surface area contributed by atoms with Gasteiger partial charge in [-0.25, -0.2) is 8.42 Å². The van der Waals surface area contributed by atoms with E-state index in [1.54, 1.807) is 11.0 Å². The Morgan fingerprint density at radius 3 is 2.11 bits per heavy atom. The van der Waals surface area contributed by atoms with Crippen molar-refractivity contribution in [1.82, 2.24) is 9.21 Å². The van der Waals surface area contributed by atoms with Gasteiger partial charge in [-0.2, -0.15) is 4.31 Å². The Kier molecular flexibility index (Phi) is 5.45. The van der Waals surface area contributed by atoms with E-state index in [0.717, 1.165) is 25.7 Å². The maximum atomic E-state index is 13.1. The minimum atomic E-state index is -3.68. The van der Waals surface area contributed by atoms with Gasteiger partial charge in [-0.05, 0) is 55.0 Å². The van der Waals surface area contributed by atoms with Crippen molar-refractivity contribution in [2.75, 3.05) is 26.2 Å². The Labute approximate surface area is 171 Å². The lowest BCUT2D eigenvalue weighted by molar-refractivity contribution is 0.0763. The van der Waals surface area contributed by atoms with Crippen molar-refractivity contribution in [3.8, 4) is 0 Å². The predicted octanol–water partition coefficient (Wildman–Crippen LogP) is 3.37. The van der Waals surface area contributed by atoms with Gasteiger partial charge in [0.25, 0.3) is 5.91 Å². The number of hydrogen-bond acceptors (Lipinski definition) is 3. The Bertz CT molecular complexity index is 973. The number of fused-ring (bicyclic) bond motifs is 1. The topological polar surface area (TPSA) is 57.7 Å². The van der Waals surface area contributed by atoms with Crippen LogP contribution in [0.1, 0.15) is 34.3 Å². The summed E-state index contributed by atoms with van der Waals surface area (Å²) in [6.45, 7) is 2.24. The summed E-state index contributed by atoms with van der Waals surface area (Å²) in [4.78, 5) is 14.9. The van der Waals surface area contributed by atoms with Crippen molar-refractivity contribution in [3.63, 3.8) is 0 Å². The van der Waals surface area contributed by atoms with Crippen LogP contribution in [0.25, 0.3) is 0 Å². The first-order valence-corrected chi connectivity index (χ1v) is 11.4. The molecule has 2 heterocycles. The lowest BCUT2D eigenvalue weighted by atomic mass is 10.0. The minimum Gasteiger partial charge on any atom is -0.338 e. The lowest BCUT2D eigenvalue weighted by Crippen LogP contribution is -2.33. The van der Waals surface area contributed by atoms with E-state index in [-0.39, 0.29) is 15.8 Å². The van der Waals surface area contributed by atoms with Gasteiger partial charge in [-0.15, -0.1) is 0 Å². The highest BCUT2D eigenvalue weighted by Gasteiger charge is 2.30. The lowest BCUT2D eigenvalue weighted by Gasteiger charge is -2.21. The predicted molar refractivity (Wildman–Crippen MR) is 109 cm³/mol. The molecule has 0 aliphatic carbocycles. The molecule has 0 aromatic heterocycles. The van der Waals surface area contributed by atoms with Crippen LogP contribution in [-0.4, -0.2) is 49.7 Å². The highest BCUT2D eigenvalue weighted by Crippen LogP contribution is 2.29. The molecule has 5 nitrogen and oxygen atoms in total. The monoisotopic (exact) mass is 418 g/mol. The molecule has 0 spiro atoms. The molecule has 4 rings (SSSR count). The number of benzene rings is 2. The van der Waals surface area contributed by atoms with Crippen molar-refractivity contribution >= 4 is 27.5 Å². The SMILES string of the molecule is O=C(c1ccc(Cl)c(S(=O)(=O)N2CCCC2)c1)N1CCc2ccccc2CC1. The number of halogens is 1. The normalized spacial score (nSPS) is 18.0. The highest BCUT2D eigenvalue weighted by molar-refractivity contribution is 7.89.